The van der Waals surface area contributed by atoms with Crippen molar-refractivity contribution in [2.45, 2.75) is 45.3 Å². The average Bonchev–Trinajstić information content (AvgIpc) is 2.82. The molecule has 0 spiro atoms. The minimum atomic E-state index is -0.705. The fourth-order valence-corrected chi connectivity index (χ4v) is 3.73. The van der Waals surface area contributed by atoms with Crippen LogP contribution in [0, 0.1) is 5.82 Å². The molecule has 0 aliphatic rings. The number of carbonyl (C=O) groups excluding carboxylic acids is 2. The first kappa shape index (κ1) is 24.5. The Labute approximate surface area is 199 Å². The Bertz CT molecular complexity index is 1040. The molecule has 3 aromatic carbocycles. The molecule has 2 amide bonds. The summed E-state index contributed by atoms with van der Waals surface area (Å²) < 4.78 is 13.4. The highest BCUT2D eigenvalue weighted by molar-refractivity contribution is 6.30. The van der Waals surface area contributed by atoms with Crippen molar-refractivity contribution in [3.63, 3.8) is 0 Å². The summed E-state index contributed by atoms with van der Waals surface area (Å²) in [4.78, 5) is 28.1. The van der Waals surface area contributed by atoms with Gasteiger partial charge in [-0.3, -0.25) is 9.59 Å². The highest BCUT2D eigenvalue weighted by atomic mass is 35.5. The molecule has 1 atom stereocenters. The van der Waals surface area contributed by atoms with Crippen LogP contribution in [0.2, 0.25) is 5.02 Å². The lowest BCUT2D eigenvalue weighted by Crippen LogP contribution is -2.50. The van der Waals surface area contributed by atoms with Crippen LogP contribution in [0.25, 0.3) is 0 Å². The first-order valence-corrected chi connectivity index (χ1v) is 11.4. The van der Waals surface area contributed by atoms with Crippen molar-refractivity contribution in [2.24, 2.45) is 0 Å². The van der Waals surface area contributed by atoms with Gasteiger partial charge in [-0.05, 0) is 47.4 Å². The van der Waals surface area contributed by atoms with Crippen LogP contribution in [0.1, 0.15) is 36.5 Å². The first-order valence-electron chi connectivity index (χ1n) is 11.1. The number of halogens is 2. The molecule has 0 heterocycles. The maximum atomic E-state index is 13.4. The van der Waals surface area contributed by atoms with Crippen molar-refractivity contribution >= 4 is 23.4 Å². The van der Waals surface area contributed by atoms with E-state index in [9.17, 15) is 14.0 Å². The lowest BCUT2D eigenvalue weighted by molar-refractivity contribution is -0.141. The molecule has 172 valence electrons. The Kier molecular flexibility index (Phi) is 9.02. The number of carbonyl (C=O) groups is 2. The van der Waals surface area contributed by atoms with E-state index in [0.717, 1.165) is 16.7 Å². The largest absolute Gasteiger partial charge is 0.350 e. The summed E-state index contributed by atoms with van der Waals surface area (Å²) in [5.74, 6) is -0.684. The van der Waals surface area contributed by atoms with E-state index in [1.165, 1.54) is 12.1 Å². The predicted octanol–water partition coefficient (Wildman–Crippen LogP) is 5.54. The lowest BCUT2D eigenvalue weighted by Gasteiger charge is -2.31. The van der Waals surface area contributed by atoms with Crippen LogP contribution in [0.15, 0.2) is 78.9 Å². The normalized spacial score (nSPS) is 11.6. The highest BCUT2D eigenvalue weighted by Gasteiger charge is 2.29. The van der Waals surface area contributed by atoms with E-state index in [2.05, 4.69) is 5.32 Å². The van der Waals surface area contributed by atoms with Crippen molar-refractivity contribution in [2.75, 3.05) is 0 Å². The van der Waals surface area contributed by atoms with E-state index < -0.39 is 6.04 Å². The van der Waals surface area contributed by atoms with Gasteiger partial charge in [-0.1, -0.05) is 73.1 Å². The third kappa shape index (κ3) is 7.43. The zero-order chi connectivity index (χ0) is 23.6. The lowest BCUT2D eigenvalue weighted by atomic mass is 10.0. The van der Waals surface area contributed by atoms with Gasteiger partial charge in [0.05, 0.1) is 0 Å². The van der Waals surface area contributed by atoms with Gasteiger partial charge in [0.15, 0.2) is 0 Å². The van der Waals surface area contributed by atoms with Gasteiger partial charge in [-0.2, -0.15) is 0 Å². The fraction of sp³-hybridized carbons (Fsp3) is 0.259. The van der Waals surface area contributed by atoms with Gasteiger partial charge < -0.3 is 10.2 Å². The van der Waals surface area contributed by atoms with E-state index in [4.69, 9.17) is 11.6 Å². The van der Waals surface area contributed by atoms with Crippen LogP contribution in [0.3, 0.4) is 0 Å². The number of rotatable bonds is 10. The van der Waals surface area contributed by atoms with Crippen molar-refractivity contribution in [1.29, 1.82) is 0 Å². The minimum Gasteiger partial charge on any atom is -0.350 e. The van der Waals surface area contributed by atoms with E-state index in [1.807, 2.05) is 49.4 Å². The molecule has 0 aromatic heterocycles. The molecule has 33 heavy (non-hydrogen) atoms. The Morgan fingerprint density at radius 2 is 1.55 bits per heavy atom. The van der Waals surface area contributed by atoms with Crippen molar-refractivity contribution in [3.05, 3.63) is 106 Å². The van der Waals surface area contributed by atoms with Gasteiger partial charge in [0.1, 0.15) is 11.9 Å². The Hall–Kier alpha value is -3.18. The number of hydrogen-bond acceptors (Lipinski definition) is 2. The number of nitrogens with one attached hydrogen (secondary N) is 1. The molecule has 0 aliphatic heterocycles. The zero-order valence-electron chi connectivity index (χ0n) is 18.6. The smallest absolute Gasteiger partial charge is 0.243 e. The van der Waals surface area contributed by atoms with Crippen molar-refractivity contribution < 1.29 is 14.0 Å². The highest BCUT2D eigenvalue weighted by Crippen LogP contribution is 2.17. The zero-order valence-corrected chi connectivity index (χ0v) is 19.4. The number of nitrogens with zero attached hydrogens (tertiary/aromatic N) is 1. The molecule has 3 rings (SSSR count). The number of benzene rings is 3. The topological polar surface area (TPSA) is 49.4 Å². The van der Waals surface area contributed by atoms with Gasteiger partial charge in [-0.25, -0.2) is 4.39 Å². The van der Waals surface area contributed by atoms with Crippen molar-refractivity contribution in [1.82, 2.24) is 10.2 Å². The van der Waals surface area contributed by atoms with Crippen LogP contribution in [-0.4, -0.2) is 22.8 Å². The molecule has 0 bridgehead atoms. The summed E-state index contributed by atoms with van der Waals surface area (Å²) in [5, 5.41) is 3.60. The van der Waals surface area contributed by atoms with Crippen LogP contribution < -0.4 is 5.32 Å². The monoisotopic (exact) mass is 466 g/mol. The standard InChI is InChI=1S/C27H28ClFN2O2/c1-2-6-26(32)31(19-22-11-15-24(29)16-12-22)25(17-20-7-4-3-5-8-20)27(33)30-18-21-9-13-23(28)14-10-21/h3-5,7-16,25H,2,6,17-19H2,1H3,(H,30,33). The maximum absolute atomic E-state index is 13.4. The van der Waals surface area contributed by atoms with E-state index >= 15 is 0 Å². The third-order valence-electron chi connectivity index (χ3n) is 5.38. The predicted molar refractivity (Wildman–Crippen MR) is 129 cm³/mol. The quantitative estimate of drug-likeness (QED) is 0.426. The summed E-state index contributed by atoms with van der Waals surface area (Å²) in [6, 6.07) is 22.2. The summed E-state index contributed by atoms with van der Waals surface area (Å²) in [7, 11) is 0. The van der Waals surface area contributed by atoms with Crippen LogP contribution in [0.4, 0.5) is 4.39 Å². The summed E-state index contributed by atoms with van der Waals surface area (Å²) in [5.41, 5.74) is 2.64. The molecule has 0 fully saturated rings. The third-order valence-corrected chi connectivity index (χ3v) is 5.63. The average molecular weight is 467 g/mol. The van der Waals surface area contributed by atoms with Gasteiger partial charge in [0.2, 0.25) is 11.8 Å². The summed E-state index contributed by atoms with van der Waals surface area (Å²) >= 11 is 5.95. The van der Waals surface area contributed by atoms with Gasteiger partial charge in [0, 0.05) is 31.0 Å². The summed E-state index contributed by atoms with van der Waals surface area (Å²) in [6.07, 6.45) is 1.38. The molecule has 1 N–H and O–H groups in total. The van der Waals surface area contributed by atoms with Crippen LogP contribution >= 0.6 is 11.6 Å². The molecule has 0 aliphatic carbocycles. The number of hydrogen-bond donors (Lipinski definition) is 1. The van der Waals surface area contributed by atoms with E-state index in [1.54, 1.807) is 29.2 Å². The van der Waals surface area contributed by atoms with Crippen LogP contribution in [0.5, 0.6) is 0 Å². The fourth-order valence-electron chi connectivity index (χ4n) is 3.61. The molecule has 1 unspecified atom stereocenters. The van der Waals surface area contributed by atoms with E-state index in [-0.39, 0.29) is 24.2 Å². The molecule has 4 nitrogen and oxygen atoms in total. The second kappa shape index (κ2) is 12.2. The molecule has 0 saturated heterocycles. The molecular formula is C27H28ClFN2O2. The van der Waals surface area contributed by atoms with Gasteiger partial charge in [0.25, 0.3) is 0 Å². The maximum Gasteiger partial charge on any atom is 0.243 e. The first-order chi connectivity index (χ1) is 16.0. The summed E-state index contributed by atoms with van der Waals surface area (Å²) in [6.45, 7) is 2.49. The molecule has 0 radical (unpaired) electrons. The van der Waals surface area contributed by atoms with Crippen molar-refractivity contribution in [3.8, 4) is 0 Å². The Balaban J connectivity index is 1.86. The second-order valence-corrected chi connectivity index (χ2v) is 8.38. The van der Waals surface area contributed by atoms with E-state index in [0.29, 0.717) is 30.8 Å². The Morgan fingerprint density at radius 3 is 2.18 bits per heavy atom. The number of amides is 2. The molecule has 0 saturated carbocycles. The minimum absolute atomic E-state index is 0.107. The molecule has 6 heteroatoms. The Morgan fingerprint density at radius 1 is 0.909 bits per heavy atom. The molecule has 3 aromatic rings. The molecular weight excluding hydrogens is 439 g/mol. The second-order valence-electron chi connectivity index (χ2n) is 7.95. The van der Waals surface area contributed by atoms with Crippen LogP contribution in [-0.2, 0) is 29.1 Å². The van der Waals surface area contributed by atoms with Gasteiger partial charge >= 0.3 is 0 Å². The van der Waals surface area contributed by atoms with Gasteiger partial charge in [-0.15, -0.1) is 0 Å². The SMILES string of the molecule is CCCC(=O)N(Cc1ccc(F)cc1)C(Cc1ccccc1)C(=O)NCc1ccc(Cl)cc1.